The molecule has 0 unspecified atom stereocenters. The van der Waals surface area contributed by atoms with Gasteiger partial charge in [0.25, 0.3) is 0 Å². The van der Waals surface area contributed by atoms with Crippen LogP contribution in [-0.2, 0) is 11.2 Å². The molecule has 1 fully saturated rings. The van der Waals surface area contributed by atoms with E-state index >= 15 is 0 Å². The Morgan fingerprint density at radius 1 is 1.30 bits per heavy atom. The topological polar surface area (TPSA) is 54.0 Å². The molecule has 1 aliphatic heterocycles. The third kappa shape index (κ3) is 2.96. The van der Waals surface area contributed by atoms with E-state index in [1.165, 1.54) is 5.56 Å². The molecule has 1 saturated heterocycles. The van der Waals surface area contributed by atoms with Gasteiger partial charge in [0.2, 0.25) is 5.91 Å². The molecule has 0 saturated carbocycles. The van der Waals surface area contributed by atoms with Gasteiger partial charge in [-0.1, -0.05) is 18.2 Å². The molecule has 1 aromatic heterocycles. The highest BCUT2D eigenvalue weighted by Crippen LogP contribution is 2.17. The molecule has 2 heterocycles. The minimum absolute atomic E-state index is 0.137. The summed E-state index contributed by atoms with van der Waals surface area (Å²) in [5.74, 6) is 0.749. The van der Waals surface area contributed by atoms with Crippen LogP contribution < -0.4 is 10.6 Å². The van der Waals surface area contributed by atoms with Gasteiger partial charge in [-0.3, -0.25) is 9.78 Å². The third-order valence-electron chi connectivity index (χ3n) is 3.81. The van der Waals surface area contributed by atoms with Crippen molar-refractivity contribution in [2.24, 2.45) is 5.92 Å². The van der Waals surface area contributed by atoms with Crippen LogP contribution in [0.25, 0.3) is 10.9 Å². The highest BCUT2D eigenvalue weighted by atomic mass is 16.1. The molecule has 2 aromatic rings. The highest BCUT2D eigenvalue weighted by Gasteiger charge is 2.17. The van der Waals surface area contributed by atoms with E-state index in [4.69, 9.17) is 0 Å². The molecule has 4 heteroatoms. The van der Waals surface area contributed by atoms with Crippen molar-refractivity contribution >= 4 is 16.8 Å². The number of para-hydroxylation sites is 1. The first-order valence-electron chi connectivity index (χ1n) is 7.13. The van der Waals surface area contributed by atoms with E-state index in [0.29, 0.717) is 12.3 Å². The highest BCUT2D eigenvalue weighted by molar-refractivity contribution is 5.83. The predicted molar refractivity (Wildman–Crippen MR) is 79.4 cm³/mol. The van der Waals surface area contributed by atoms with Gasteiger partial charge in [-0.05, 0) is 24.1 Å². The quantitative estimate of drug-likeness (QED) is 0.865. The summed E-state index contributed by atoms with van der Waals surface area (Å²) in [6, 6.07) is 10.1. The zero-order valence-electron chi connectivity index (χ0n) is 11.4. The predicted octanol–water partition coefficient (Wildman–Crippen LogP) is 1.50. The van der Waals surface area contributed by atoms with Crippen LogP contribution in [0.3, 0.4) is 0 Å². The molecule has 0 atom stereocenters. The molecule has 3 rings (SSSR count). The molecule has 0 bridgehead atoms. The van der Waals surface area contributed by atoms with Gasteiger partial charge in [-0.15, -0.1) is 0 Å². The van der Waals surface area contributed by atoms with Crippen molar-refractivity contribution in [1.29, 1.82) is 0 Å². The van der Waals surface area contributed by atoms with Crippen LogP contribution in [0.1, 0.15) is 12.0 Å². The number of amides is 1. The summed E-state index contributed by atoms with van der Waals surface area (Å²) in [4.78, 5) is 16.2. The van der Waals surface area contributed by atoms with Crippen LogP contribution in [-0.4, -0.2) is 30.5 Å². The summed E-state index contributed by atoms with van der Waals surface area (Å²) in [6.45, 7) is 2.84. The Balaban J connectivity index is 1.57. The summed E-state index contributed by atoms with van der Waals surface area (Å²) in [5.41, 5.74) is 2.18. The maximum absolute atomic E-state index is 11.8. The van der Waals surface area contributed by atoms with E-state index in [-0.39, 0.29) is 5.91 Å². The third-order valence-corrected chi connectivity index (χ3v) is 3.81. The van der Waals surface area contributed by atoms with Crippen molar-refractivity contribution in [3.8, 4) is 0 Å². The lowest BCUT2D eigenvalue weighted by molar-refractivity contribution is -0.121. The zero-order valence-corrected chi connectivity index (χ0v) is 11.4. The van der Waals surface area contributed by atoms with E-state index in [2.05, 4.69) is 21.7 Å². The first kappa shape index (κ1) is 13.1. The molecular formula is C16H19N3O. The van der Waals surface area contributed by atoms with E-state index in [1.54, 1.807) is 0 Å². The van der Waals surface area contributed by atoms with E-state index in [9.17, 15) is 4.79 Å². The first-order valence-corrected chi connectivity index (χ1v) is 7.13. The molecule has 2 N–H and O–H groups in total. The number of hydrogen-bond donors (Lipinski definition) is 2. The maximum Gasteiger partial charge on any atom is 0.220 e. The van der Waals surface area contributed by atoms with Crippen molar-refractivity contribution in [2.45, 2.75) is 12.8 Å². The second kappa shape index (κ2) is 6.01. The van der Waals surface area contributed by atoms with Crippen molar-refractivity contribution in [2.75, 3.05) is 19.6 Å². The number of rotatable bonds is 5. The molecule has 20 heavy (non-hydrogen) atoms. The van der Waals surface area contributed by atoms with Gasteiger partial charge in [0.05, 0.1) is 5.52 Å². The van der Waals surface area contributed by atoms with Crippen LogP contribution in [0.2, 0.25) is 0 Å². The Kier molecular flexibility index (Phi) is 3.92. The van der Waals surface area contributed by atoms with Gasteiger partial charge >= 0.3 is 0 Å². The zero-order chi connectivity index (χ0) is 13.8. The molecule has 0 aliphatic carbocycles. The molecule has 1 aliphatic rings. The lowest BCUT2D eigenvalue weighted by Gasteiger charge is -2.27. The maximum atomic E-state index is 11.8. The van der Waals surface area contributed by atoms with E-state index in [1.807, 2.05) is 30.5 Å². The lowest BCUT2D eigenvalue weighted by atomic mass is 10.0. The lowest BCUT2D eigenvalue weighted by Crippen LogP contribution is -2.48. The number of pyridine rings is 1. The average molecular weight is 269 g/mol. The monoisotopic (exact) mass is 269 g/mol. The SMILES string of the molecule is O=C(CCc1ccnc2ccccc12)NCC1CNC1. The number of carbonyl (C=O) groups is 1. The number of aromatic nitrogens is 1. The minimum Gasteiger partial charge on any atom is -0.356 e. The van der Waals surface area contributed by atoms with Gasteiger partial charge in [0, 0.05) is 43.6 Å². The van der Waals surface area contributed by atoms with Gasteiger partial charge < -0.3 is 10.6 Å². The Morgan fingerprint density at radius 3 is 2.95 bits per heavy atom. The molecule has 1 aromatic carbocycles. The number of nitrogens with zero attached hydrogens (tertiary/aromatic N) is 1. The van der Waals surface area contributed by atoms with Gasteiger partial charge in [-0.2, -0.15) is 0 Å². The minimum atomic E-state index is 0.137. The molecule has 1 amide bonds. The van der Waals surface area contributed by atoms with Gasteiger partial charge in [0.15, 0.2) is 0 Å². The fourth-order valence-electron chi connectivity index (χ4n) is 2.46. The number of nitrogens with one attached hydrogen (secondary N) is 2. The number of aryl methyl sites for hydroxylation is 1. The molecular weight excluding hydrogens is 250 g/mol. The summed E-state index contributed by atoms with van der Waals surface area (Å²) < 4.78 is 0. The number of fused-ring (bicyclic) bond motifs is 1. The van der Waals surface area contributed by atoms with Crippen LogP contribution >= 0.6 is 0 Å². The fraction of sp³-hybridized carbons (Fsp3) is 0.375. The van der Waals surface area contributed by atoms with Crippen LogP contribution in [0, 0.1) is 5.92 Å². The molecule has 0 spiro atoms. The second-order valence-electron chi connectivity index (χ2n) is 5.32. The normalized spacial score (nSPS) is 15.0. The molecule has 0 radical (unpaired) electrons. The summed E-state index contributed by atoms with van der Waals surface area (Å²) in [7, 11) is 0. The number of hydrogen-bond acceptors (Lipinski definition) is 3. The van der Waals surface area contributed by atoms with Crippen molar-refractivity contribution in [1.82, 2.24) is 15.6 Å². The van der Waals surface area contributed by atoms with E-state index < -0.39 is 0 Å². The smallest absolute Gasteiger partial charge is 0.220 e. The second-order valence-corrected chi connectivity index (χ2v) is 5.32. The largest absolute Gasteiger partial charge is 0.356 e. The Labute approximate surface area is 118 Å². The van der Waals surface area contributed by atoms with Crippen molar-refractivity contribution in [3.63, 3.8) is 0 Å². The Hall–Kier alpha value is -1.94. The summed E-state index contributed by atoms with van der Waals surface area (Å²) in [6.07, 6.45) is 3.11. The van der Waals surface area contributed by atoms with Gasteiger partial charge in [0.1, 0.15) is 0 Å². The Bertz CT molecular complexity index is 602. The molecule has 104 valence electrons. The summed E-state index contributed by atoms with van der Waals surface area (Å²) in [5, 5.41) is 7.36. The standard InChI is InChI=1S/C16H19N3O/c20-16(19-11-12-9-17-10-12)6-5-13-7-8-18-15-4-2-1-3-14(13)15/h1-4,7-8,12,17H,5-6,9-11H2,(H,19,20). The van der Waals surface area contributed by atoms with Crippen LogP contribution in [0.15, 0.2) is 36.5 Å². The number of benzene rings is 1. The fourth-order valence-corrected chi connectivity index (χ4v) is 2.46. The molecule has 4 nitrogen and oxygen atoms in total. The van der Waals surface area contributed by atoms with Crippen LogP contribution in [0.4, 0.5) is 0 Å². The number of carbonyl (C=O) groups excluding carboxylic acids is 1. The van der Waals surface area contributed by atoms with Crippen molar-refractivity contribution in [3.05, 3.63) is 42.1 Å². The van der Waals surface area contributed by atoms with Crippen LogP contribution in [0.5, 0.6) is 0 Å². The van der Waals surface area contributed by atoms with Gasteiger partial charge in [-0.25, -0.2) is 0 Å². The average Bonchev–Trinajstić information content (AvgIpc) is 2.43. The first-order chi connectivity index (χ1) is 9.83. The summed E-state index contributed by atoms with van der Waals surface area (Å²) >= 11 is 0. The van der Waals surface area contributed by atoms with Crippen molar-refractivity contribution < 1.29 is 4.79 Å². The Morgan fingerprint density at radius 2 is 2.15 bits per heavy atom. The van der Waals surface area contributed by atoms with E-state index in [0.717, 1.165) is 37.0 Å².